The van der Waals surface area contributed by atoms with E-state index in [4.69, 9.17) is 4.74 Å². The van der Waals surface area contributed by atoms with Crippen LogP contribution in [0, 0.1) is 5.92 Å². The summed E-state index contributed by atoms with van der Waals surface area (Å²) in [5, 5.41) is 2.61. The minimum absolute atomic E-state index is 0.0524. The predicted molar refractivity (Wildman–Crippen MR) is 88.3 cm³/mol. The first-order valence-corrected chi connectivity index (χ1v) is 7.75. The number of ether oxygens (including phenoxy) is 1. The number of rotatable bonds is 5. The molecule has 2 aromatic rings. The van der Waals surface area contributed by atoms with E-state index < -0.39 is 6.09 Å². The highest BCUT2D eigenvalue weighted by Crippen LogP contribution is 2.44. The molecule has 3 rings (SSSR count). The van der Waals surface area contributed by atoms with E-state index in [-0.39, 0.29) is 18.4 Å². The van der Waals surface area contributed by atoms with Crippen molar-refractivity contribution in [3.05, 3.63) is 59.7 Å². The van der Waals surface area contributed by atoms with Crippen LogP contribution in [0.4, 0.5) is 4.79 Å². The van der Waals surface area contributed by atoms with Gasteiger partial charge in [-0.05, 0) is 22.3 Å². The molecule has 1 N–H and O–H groups in total. The van der Waals surface area contributed by atoms with Crippen LogP contribution < -0.4 is 5.32 Å². The third-order valence-corrected chi connectivity index (χ3v) is 4.14. The number of nitrogens with one attached hydrogen (secondary N) is 1. The van der Waals surface area contributed by atoms with Crippen molar-refractivity contribution in [1.29, 1.82) is 0 Å². The molecular formula is C19H19NO3. The zero-order valence-electron chi connectivity index (χ0n) is 13.0. The fourth-order valence-electron chi connectivity index (χ4n) is 2.94. The first kappa shape index (κ1) is 15.3. The number of fused-ring (bicyclic) bond motifs is 3. The summed E-state index contributed by atoms with van der Waals surface area (Å²) >= 11 is 0. The van der Waals surface area contributed by atoms with Gasteiger partial charge in [0.2, 0.25) is 0 Å². The molecule has 4 heteroatoms. The van der Waals surface area contributed by atoms with Crippen LogP contribution in [-0.2, 0) is 9.53 Å². The summed E-state index contributed by atoms with van der Waals surface area (Å²) < 4.78 is 5.37. The predicted octanol–water partition coefficient (Wildman–Crippen LogP) is 3.36. The molecule has 0 heterocycles. The van der Waals surface area contributed by atoms with Crippen molar-refractivity contribution < 1.29 is 14.3 Å². The molecule has 0 aliphatic heterocycles. The molecule has 118 valence electrons. The molecule has 0 saturated carbocycles. The Morgan fingerprint density at radius 1 is 1.13 bits per heavy atom. The minimum atomic E-state index is -0.486. The maximum Gasteiger partial charge on any atom is 0.407 e. The van der Waals surface area contributed by atoms with Gasteiger partial charge in [-0.3, -0.25) is 0 Å². The van der Waals surface area contributed by atoms with Crippen LogP contribution in [0.15, 0.2) is 48.5 Å². The van der Waals surface area contributed by atoms with Crippen LogP contribution in [0.5, 0.6) is 0 Å². The van der Waals surface area contributed by atoms with E-state index in [9.17, 15) is 9.59 Å². The number of hydrogen-bond donors (Lipinski definition) is 1. The van der Waals surface area contributed by atoms with Gasteiger partial charge in [0.1, 0.15) is 12.9 Å². The molecule has 0 bridgehead atoms. The maximum atomic E-state index is 11.8. The van der Waals surface area contributed by atoms with Gasteiger partial charge in [0.25, 0.3) is 0 Å². The van der Waals surface area contributed by atoms with Crippen molar-refractivity contribution in [2.45, 2.75) is 12.8 Å². The molecule has 1 aliphatic rings. The Morgan fingerprint density at radius 2 is 1.70 bits per heavy atom. The van der Waals surface area contributed by atoms with Crippen molar-refractivity contribution in [3.8, 4) is 11.1 Å². The van der Waals surface area contributed by atoms with E-state index in [0.29, 0.717) is 6.54 Å². The monoisotopic (exact) mass is 309 g/mol. The summed E-state index contributed by atoms with van der Waals surface area (Å²) in [6.45, 7) is 2.33. The van der Waals surface area contributed by atoms with Gasteiger partial charge in [-0.15, -0.1) is 0 Å². The SMILES string of the molecule is C[C@@H](C=O)CNC(=O)OCC1c2ccccc2-c2ccccc21. The molecule has 0 aromatic heterocycles. The summed E-state index contributed by atoms with van der Waals surface area (Å²) in [6, 6.07) is 16.4. The van der Waals surface area contributed by atoms with E-state index in [2.05, 4.69) is 29.6 Å². The highest BCUT2D eigenvalue weighted by Gasteiger charge is 2.28. The molecule has 0 unspecified atom stereocenters. The lowest BCUT2D eigenvalue weighted by Gasteiger charge is -2.15. The highest BCUT2D eigenvalue weighted by molar-refractivity contribution is 5.79. The van der Waals surface area contributed by atoms with E-state index in [1.807, 2.05) is 24.3 Å². The second-order valence-electron chi connectivity index (χ2n) is 5.82. The quantitative estimate of drug-likeness (QED) is 0.862. The topological polar surface area (TPSA) is 55.4 Å². The Labute approximate surface area is 135 Å². The minimum Gasteiger partial charge on any atom is -0.449 e. The van der Waals surface area contributed by atoms with E-state index in [1.54, 1.807) is 6.92 Å². The van der Waals surface area contributed by atoms with Crippen LogP contribution in [0.2, 0.25) is 0 Å². The summed E-state index contributed by atoms with van der Waals surface area (Å²) in [7, 11) is 0. The molecule has 1 atom stereocenters. The van der Waals surface area contributed by atoms with Gasteiger partial charge in [0.15, 0.2) is 0 Å². The number of amides is 1. The third-order valence-electron chi connectivity index (χ3n) is 4.14. The molecular weight excluding hydrogens is 290 g/mol. The van der Waals surface area contributed by atoms with Crippen molar-refractivity contribution in [2.24, 2.45) is 5.92 Å². The Bertz CT molecular complexity index is 681. The van der Waals surface area contributed by atoms with Crippen molar-refractivity contribution >= 4 is 12.4 Å². The number of aldehydes is 1. The van der Waals surface area contributed by atoms with Crippen molar-refractivity contribution in [2.75, 3.05) is 13.2 Å². The molecule has 4 nitrogen and oxygen atoms in total. The molecule has 0 fully saturated rings. The fraction of sp³-hybridized carbons (Fsp3) is 0.263. The van der Waals surface area contributed by atoms with Crippen LogP contribution >= 0.6 is 0 Å². The summed E-state index contributed by atoms with van der Waals surface area (Å²) in [6.07, 6.45) is 0.324. The lowest BCUT2D eigenvalue weighted by Crippen LogP contribution is -2.30. The molecule has 1 aliphatic carbocycles. The number of alkyl carbamates (subject to hydrolysis) is 1. The Kier molecular flexibility index (Phi) is 4.42. The van der Waals surface area contributed by atoms with Crippen LogP contribution in [0.1, 0.15) is 24.0 Å². The smallest absolute Gasteiger partial charge is 0.407 e. The Morgan fingerprint density at radius 3 is 2.26 bits per heavy atom. The number of carbonyl (C=O) groups excluding carboxylic acids is 2. The van der Waals surface area contributed by atoms with Crippen LogP contribution in [-0.4, -0.2) is 25.5 Å². The van der Waals surface area contributed by atoms with E-state index in [0.717, 1.165) is 6.29 Å². The van der Waals surface area contributed by atoms with Gasteiger partial charge in [-0.2, -0.15) is 0 Å². The number of hydrogen-bond acceptors (Lipinski definition) is 3. The Balaban J connectivity index is 1.71. The van der Waals surface area contributed by atoms with Crippen molar-refractivity contribution in [3.63, 3.8) is 0 Å². The fourth-order valence-corrected chi connectivity index (χ4v) is 2.94. The summed E-state index contributed by atoms with van der Waals surface area (Å²) in [5.41, 5.74) is 4.77. The first-order valence-electron chi connectivity index (χ1n) is 7.75. The van der Waals surface area contributed by atoms with E-state index >= 15 is 0 Å². The van der Waals surface area contributed by atoms with Crippen molar-refractivity contribution in [1.82, 2.24) is 5.32 Å². The molecule has 23 heavy (non-hydrogen) atoms. The number of benzene rings is 2. The van der Waals surface area contributed by atoms with Gasteiger partial charge >= 0.3 is 6.09 Å². The highest BCUT2D eigenvalue weighted by atomic mass is 16.5. The molecule has 2 aromatic carbocycles. The van der Waals surface area contributed by atoms with Gasteiger partial charge in [-0.1, -0.05) is 55.5 Å². The maximum absolute atomic E-state index is 11.8. The standard InChI is InChI=1S/C19H19NO3/c1-13(11-21)10-20-19(22)23-12-18-16-8-4-2-6-14(16)15-7-3-5-9-17(15)18/h2-9,11,13,18H,10,12H2,1H3,(H,20,22)/t13-/m1/s1. The summed E-state index contributed by atoms with van der Waals surface area (Å²) in [4.78, 5) is 22.4. The Hall–Kier alpha value is -2.62. The first-order chi connectivity index (χ1) is 11.2. The van der Waals surface area contributed by atoms with Crippen LogP contribution in [0.25, 0.3) is 11.1 Å². The summed E-state index contributed by atoms with van der Waals surface area (Å²) in [5.74, 6) is -0.160. The lowest BCUT2D eigenvalue weighted by atomic mass is 9.98. The average molecular weight is 309 g/mol. The third kappa shape index (κ3) is 3.11. The molecule has 1 amide bonds. The van der Waals surface area contributed by atoms with Gasteiger partial charge < -0.3 is 14.8 Å². The zero-order valence-corrected chi connectivity index (χ0v) is 13.0. The average Bonchev–Trinajstić information content (AvgIpc) is 2.92. The molecule has 0 saturated heterocycles. The van der Waals surface area contributed by atoms with Gasteiger partial charge in [-0.25, -0.2) is 4.79 Å². The van der Waals surface area contributed by atoms with Gasteiger partial charge in [0, 0.05) is 18.4 Å². The molecule has 0 spiro atoms. The second kappa shape index (κ2) is 6.65. The second-order valence-corrected chi connectivity index (χ2v) is 5.82. The number of carbonyl (C=O) groups is 2. The molecule has 0 radical (unpaired) electrons. The normalized spacial score (nSPS) is 13.8. The zero-order chi connectivity index (χ0) is 16.2. The lowest BCUT2D eigenvalue weighted by molar-refractivity contribution is -0.110. The largest absolute Gasteiger partial charge is 0.449 e. The van der Waals surface area contributed by atoms with Crippen LogP contribution in [0.3, 0.4) is 0 Å². The van der Waals surface area contributed by atoms with Gasteiger partial charge in [0.05, 0.1) is 0 Å². The van der Waals surface area contributed by atoms with E-state index in [1.165, 1.54) is 22.3 Å².